The van der Waals surface area contributed by atoms with Crippen molar-refractivity contribution in [1.29, 1.82) is 5.26 Å². The first-order valence-corrected chi connectivity index (χ1v) is 6.58. The first-order valence-electron chi connectivity index (χ1n) is 3.18. The number of alkyl halides is 1. The van der Waals surface area contributed by atoms with Gasteiger partial charge >= 0.3 is 0 Å². The van der Waals surface area contributed by atoms with E-state index < -0.39 is 0 Å². The van der Waals surface area contributed by atoms with Gasteiger partial charge in [0.25, 0.3) is 0 Å². The lowest BCUT2D eigenvalue weighted by Crippen LogP contribution is -2.32. The quantitative estimate of drug-likeness (QED) is 0.133. The van der Waals surface area contributed by atoms with Crippen LogP contribution in [0, 0.1) is 11.5 Å². The number of nitrogens with one attached hydrogen (secondary N) is 1. The molecule has 0 fully saturated rings. The average molecular weight is 515 g/mol. The zero-order valence-electron chi connectivity index (χ0n) is 6.21. The molecule has 0 aliphatic carbocycles. The molecule has 1 aliphatic heterocycles. The Bertz CT molecular complexity index is 293. The molecule has 1 heterocycles. The maximum absolute atomic E-state index is 8.40. The van der Waals surface area contributed by atoms with Gasteiger partial charge in [-0.05, 0) is 22.6 Å². The molecule has 0 amide bonds. The summed E-state index contributed by atoms with van der Waals surface area (Å²) in [7, 11) is 0. The highest BCUT2D eigenvalue weighted by atomic mass is 127. The molecule has 1 unspecified atom stereocenters. The third-order valence-electron chi connectivity index (χ3n) is 1.29. The molecule has 8 heteroatoms. The number of nitrogens with zero attached hydrogens (tertiary/aromatic N) is 4. The highest BCUT2D eigenvalue weighted by molar-refractivity contribution is 14.1. The van der Waals surface area contributed by atoms with E-state index in [0.717, 1.165) is 10.3 Å². The summed E-state index contributed by atoms with van der Waals surface area (Å²) in [5.41, 5.74) is 0. The Morgan fingerprint density at radius 3 is 2.92 bits per heavy atom. The van der Waals surface area contributed by atoms with Gasteiger partial charge in [-0.15, -0.1) is 4.99 Å². The molecule has 0 aromatic carbocycles. The van der Waals surface area contributed by atoms with Gasteiger partial charge in [-0.1, -0.05) is 22.6 Å². The number of rotatable bonds is 0. The Hall–Kier alpha value is 0.620. The molecule has 0 saturated carbocycles. The van der Waals surface area contributed by atoms with Gasteiger partial charge in [-0.2, -0.15) is 10.4 Å². The SMILES string of the molecule is N#C/N=C(\NI)N1CC(I)C(I)=N1. The standard InChI is InChI=1S/C5H4I3N5/c6-3-1-13(12-4(3)7)5(11-8)10-2-9/h3H,1H2,(H,10,11). The molecule has 0 aromatic rings. The minimum absolute atomic E-state index is 0.381. The molecule has 70 valence electrons. The zero-order chi connectivity index (χ0) is 9.84. The number of halogens is 3. The largest absolute Gasteiger partial charge is 0.296 e. The molecule has 1 aliphatic rings. The van der Waals surface area contributed by atoms with Crippen molar-refractivity contribution in [1.82, 2.24) is 8.54 Å². The van der Waals surface area contributed by atoms with E-state index in [9.17, 15) is 0 Å². The predicted molar refractivity (Wildman–Crippen MR) is 76.2 cm³/mol. The Kier molecular flexibility index (Phi) is 4.94. The van der Waals surface area contributed by atoms with E-state index in [1.165, 1.54) is 0 Å². The summed E-state index contributed by atoms with van der Waals surface area (Å²) in [5.74, 6) is 0.483. The van der Waals surface area contributed by atoms with Crippen molar-refractivity contribution >= 4 is 77.7 Å². The Morgan fingerprint density at radius 1 is 1.85 bits per heavy atom. The summed E-state index contributed by atoms with van der Waals surface area (Å²) >= 11 is 6.42. The van der Waals surface area contributed by atoms with Crippen LogP contribution in [0.4, 0.5) is 0 Å². The van der Waals surface area contributed by atoms with Crippen LogP contribution in [0.1, 0.15) is 0 Å². The van der Waals surface area contributed by atoms with E-state index in [1.807, 2.05) is 22.9 Å². The van der Waals surface area contributed by atoms with Crippen LogP contribution in [0.5, 0.6) is 0 Å². The van der Waals surface area contributed by atoms with Crippen molar-refractivity contribution in [3.63, 3.8) is 0 Å². The van der Waals surface area contributed by atoms with Gasteiger partial charge in [-0.25, -0.2) is 5.01 Å². The summed E-state index contributed by atoms with van der Waals surface area (Å²) in [6.07, 6.45) is 1.73. The average Bonchev–Trinajstić information content (AvgIpc) is 2.43. The van der Waals surface area contributed by atoms with Gasteiger partial charge in [0.1, 0.15) is 3.72 Å². The van der Waals surface area contributed by atoms with Crippen molar-refractivity contribution in [3.05, 3.63) is 0 Å². The monoisotopic (exact) mass is 515 g/mol. The lowest BCUT2D eigenvalue weighted by Gasteiger charge is -2.13. The summed E-state index contributed by atoms with van der Waals surface area (Å²) < 4.78 is 4.20. The van der Waals surface area contributed by atoms with Crippen LogP contribution in [-0.4, -0.2) is 25.2 Å². The van der Waals surface area contributed by atoms with Crippen molar-refractivity contribution in [3.8, 4) is 6.19 Å². The summed E-state index contributed by atoms with van der Waals surface area (Å²) in [6.45, 7) is 0.759. The minimum Gasteiger partial charge on any atom is -0.296 e. The number of guanidine groups is 1. The first-order chi connectivity index (χ1) is 6.19. The molecule has 1 atom stereocenters. The fourth-order valence-electron chi connectivity index (χ4n) is 0.755. The van der Waals surface area contributed by atoms with Gasteiger partial charge in [-0.3, -0.25) is 3.53 Å². The van der Waals surface area contributed by atoms with Crippen molar-refractivity contribution < 1.29 is 0 Å². The van der Waals surface area contributed by atoms with Crippen molar-refractivity contribution in [2.24, 2.45) is 10.1 Å². The first kappa shape index (κ1) is 11.7. The van der Waals surface area contributed by atoms with E-state index in [1.54, 1.807) is 11.2 Å². The second-order valence-corrected chi connectivity index (χ2v) is 5.25. The van der Waals surface area contributed by atoms with Gasteiger partial charge in [0.2, 0.25) is 12.2 Å². The molecule has 1 N–H and O–H groups in total. The highest BCUT2D eigenvalue weighted by Crippen LogP contribution is 2.19. The van der Waals surface area contributed by atoms with Crippen molar-refractivity contribution in [2.45, 2.75) is 3.92 Å². The molecule has 1 rings (SSSR count). The number of aliphatic imine (C=N–C) groups is 1. The van der Waals surface area contributed by atoms with Gasteiger partial charge in [0.05, 0.1) is 33.3 Å². The van der Waals surface area contributed by atoms with Crippen LogP contribution in [0.2, 0.25) is 0 Å². The molecular formula is C5H4I3N5. The van der Waals surface area contributed by atoms with Crippen LogP contribution in [0.25, 0.3) is 0 Å². The number of hydrogen-bond donors (Lipinski definition) is 1. The van der Waals surface area contributed by atoms with E-state index in [4.69, 9.17) is 5.26 Å². The molecular weight excluding hydrogens is 511 g/mol. The van der Waals surface area contributed by atoms with Crippen LogP contribution >= 0.6 is 68.0 Å². The Balaban J connectivity index is 2.76. The third-order valence-corrected chi connectivity index (χ3v) is 4.92. The lowest BCUT2D eigenvalue weighted by molar-refractivity contribution is 0.488. The molecule has 0 spiro atoms. The Labute approximate surface area is 117 Å². The maximum Gasteiger partial charge on any atom is 0.239 e. The smallest absolute Gasteiger partial charge is 0.239 e. The minimum atomic E-state index is 0.381. The second-order valence-electron chi connectivity index (χ2n) is 2.10. The van der Waals surface area contributed by atoms with Crippen LogP contribution < -0.4 is 3.53 Å². The molecule has 13 heavy (non-hydrogen) atoms. The highest BCUT2D eigenvalue weighted by Gasteiger charge is 2.25. The van der Waals surface area contributed by atoms with E-state index >= 15 is 0 Å². The van der Waals surface area contributed by atoms with E-state index in [2.05, 4.69) is 58.8 Å². The normalized spacial score (nSPS) is 22.6. The summed E-state index contributed by atoms with van der Waals surface area (Å²) in [4.78, 5) is 3.61. The van der Waals surface area contributed by atoms with E-state index in [-0.39, 0.29) is 0 Å². The maximum atomic E-state index is 8.40. The van der Waals surface area contributed by atoms with Crippen molar-refractivity contribution in [2.75, 3.05) is 6.54 Å². The fraction of sp³-hybridized carbons (Fsp3) is 0.400. The summed E-state index contributed by atoms with van der Waals surface area (Å²) in [6, 6.07) is 0. The molecule has 0 saturated heterocycles. The predicted octanol–water partition coefficient (Wildman–Crippen LogP) is 1.63. The number of nitriles is 1. The summed E-state index contributed by atoms with van der Waals surface area (Å²) in [5, 5.41) is 14.3. The molecule has 5 nitrogen and oxygen atoms in total. The lowest BCUT2D eigenvalue weighted by atomic mass is 10.5. The van der Waals surface area contributed by atoms with E-state index in [0.29, 0.717) is 9.88 Å². The van der Waals surface area contributed by atoms with Gasteiger partial charge in [0.15, 0.2) is 0 Å². The molecule has 0 aromatic heterocycles. The number of hydrazone groups is 1. The van der Waals surface area contributed by atoms with Crippen LogP contribution in [0.3, 0.4) is 0 Å². The third kappa shape index (κ3) is 3.05. The molecule has 0 radical (unpaired) electrons. The second kappa shape index (κ2) is 5.49. The van der Waals surface area contributed by atoms with Gasteiger partial charge < -0.3 is 0 Å². The van der Waals surface area contributed by atoms with Gasteiger partial charge in [0, 0.05) is 0 Å². The number of hydrogen-bond acceptors (Lipinski definition) is 3. The van der Waals surface area contributed by atoms with Crippen LogP contribution in [-0.2, 0) is 0 Å². The van der Waals surface area contributed by atoms with Crippen LogP contribution in [0.15, 0.2) is 10.1 Å². The molecule has 0 bridgehead atoms. The fourth-order valence-corrected chi connectivity index (χ4v) is 2.11. The topological polar surface area (TPSA) is 63.8 Å². The zero-order valence-corrected chi connectivity index (χ0v) is 12.7. The Morgan fingerprint density at radius 2 is 2.54 bits per heavy atom.